The topological polar surface area (TPSA) is 78.0 Å². The quantitative estimate of drug-likeness (QED) is 0.675. The van der Waals surface area contributed by atoms with Gasteiger partial charge in [0.2, 0.25) is 21.8 Å². The molecule has 1 atom stereocenters. The van der Waals surface area contributed by atoms with Gasteiger partial charge in [-0.05, 0) is 68.7 Å². The van der Waals surface area contributed by atoms with Gasteiger partial charge < -0.3 is 9.80 Å². The average molecular weight is 462 g/mol. The van der Waals surface area contributed by atoms with Crippen molar-refractivity contribution in [1.29, 1.82) is 0 Å². The summed E-state index contributed by atoms with van der Waals surface area (Å²) in [5.41, 5.74) is 1.67. The number of rotatable bonds is 5. The summed E-state index contributed by atoms with van der Waals surface area (Å²) in [4.78, 5) is 29.2. The zero-order valence-electron chi connectivity index (χ0n) is 19.3. The number of carbonyl (C=O) groups excluding carboxylic acids is 2. The summed E-state index contributed by atoms with van der Waals surface area (Å²) in [6.07, 6.45) is 5.97. The zero-order valence-corrected chi connectivity index (χ0v) is 20.1. The number of amides is 2. The van der Waals surface area contributed by atoms with Gasteiger partial charge in [-0.1, -0.05) is 13.3 Å². The fourth-order valence-electron chi connectivity index (χ4n) is 5.13. The van der Waals surface area contributed by atoms with Crippen LogP contribution in [0.15, 0.2) is 23.1 Å². The summed E-state index contributed by atoms with van der Waals surface area (Å²) in [6.45, 7) is 6.85. The lowest BCUT2D eigenvalue weighted by molar-refractivity contribution is -0.134. The van der Waals surface area contributed by atoms with Crippen LogP contribution in [0.5, 0.6) is 0 Å². The molecule has 176 valence electrons. The predicted octanol–water partition coefficient (Wildman–Crippen LogP) is 3.18. The molecule has 1 aromatic rings. The SMILES string of the molecule is CC1CCN(C(=O)CCC(=O)N2CCc3cc(S(=O)(=O)N4CCCC[C@H]4C)ccc32)CC1. The van der Waals surface area contributed by atoms with Crippen molar-refractivity contribution in [3.05, 3.63) is 23.8 Å². The van der Waals surface area contributed by atoms with Crippen LogP contribution in [-0.2, 0) is 26.0 Å². The molecule has 0 radical (unpaired) electrons. The number of hydrogen-bond donors (Lipinski definition) is 0. The molecule has 2 saturated heterocycles. The van der Waals surface area contributed by atoms with Crippen molar-refractivity contribution < 1.29 is 18.0 Å². The van der Waals surface area contributed by atoms with Gasteiger partial charge in [0.05, 0.1) is 4.90 Å². The van der Waals surface area contributed by atoms with Crippen LogP contribution >= 0.6 is 0 Å². The highest BCUT2D eigenvalue weighted by Crippen LogP contribution is 2.33. The van der Waals surface area contributed by atoms with Gasteiger partial charge in [-0.2, -0.15) is 4.31 Å². The van der Waals surface area contributed by atoms with Crippen molar-refractivity contribution in [3.8, 4) is 0 Å². The molecule has 32 heavy (non-hydrogen) atoms. The Labute approximate surface area is 191 Å². The maximum Gasteiger partial charge on any atom is 0.243 e. The number of benzene rings is 1. The fourth-order valence-corrected chi connectivity index (χ4v) is 6.88. The number of fused-ring (bicyclic) bond motifs is 1. The third kappa shape index (κ3) is 4.71. The van der Waals surface area contributed by atoms with Crippen molar-refractivity contribution in [1.82, 2.24) is 9.21 Å². The molecule has 0 spiro atoms. The van der Waals surface area contributed by atoms with Crippen molar-refractivity contribution in [2.45, 2.75) is 76.2 Å². The Morgan fingerprint density at radius 2 is 1.66 bits per heavy atom. The van der Waals surface area contributed by atoms with Crippen LogP contribution in [0, 0.1) is 5.92 Å². The predicted molar refractivity (Wildman–Crippen MR) is 124 cm³/mol. The fraction of sp³-hybridized carbons (Fsp3) is 0.667. The zero-order chi connectivity index (χ0) is 22.9. The Morgan fingerprint density at radius 1 is 0.938 bits per heavy atom. The summed E-state index contributed by atoms with van der Waals surface area (Å²) in [6, 6.07) is 5.14. The molecular formula is C24H35N3O4S. The normalized spacial score (nSPS) is 22.8. The standard InChI is InChI=1S/C24H35N3O4S/c1-18-10-14-25(15-11-18)23(28)8-9-24(29)26-16-12-20-17-21(6-7-22(20)26)32(30,31)27-13-4-3-5-19(27)2/h6-7,17-19H,3-5,8-16H2,1-2H3/t19-/m1/s1. The number of piperidine rings is 2. The molecule has 0 bridgehead atoms. The molecule has 2 fully saturated rings. The number of hydrogen-bond acceptors (Lipinski definition) is 4. The van der Waals surface area contributed by atoms with Gasteiger partial charge >= 0.3 is 0 Å². The van der Waals surface area contributed by atoms with Crippen LogP contribution in [0.1, 0.15) is 64.4 Å². The lowest BCUT2D eigenvalue weighted by atomic mass is 9.99. The van der Waals surface area contributed by atoms with E-state index in [1.165, 1.54) is 0 Å². The Bertz CT molecular complexity index is 969. The molecule has 1 aromatic carbocycles. The lowest BCUT2D eigenvalue weighted by Crippen LogP contribution is -2.41. The number of sulfonamides is 1. The third-order valence-electron chi connectivity index (χ3n) is 7.29. The molecule has 0 saturated carbocycles. The average Bonchev–Trinajstić information content (AvgIpc) is 3.21. The van der Waals surface area contributed by atoms with E-state index in [1.807, 2.05) is 11.8 Å². The molecule has 3 aliphatic rings. The lowest BCUT2D eigenvalue weighted by Gasteiger charge is -2.32. The maximum atomic E-state index is 13.2. The first-order valence-electron chi connectivity index (χ1n) is 12.0. The minimum Gasteiger partial charge on any atom is -0.343 e. The smallest absolute Gasteiger partial charge is 0.243 e. The van der Waals surface area contributed by atoms with E-state index in [0.717, 1.165) is 56.4 Å². The van der Waals surface area contributed by atoms with Crippen LogP contribution < -0.4 is 4.90 Å². The van der Waals surface area contributed by atoms with E-state index in [4.69, 9.17) is 0 Å². The molecule has 3 aliphatic heterocycles. The van der Waals surface area contributed by atoms with E-state index in [-0.39, 0.29) is 30.7 Å². The minimum absolute atomic E-state index is 0.0146. The molecule has 7 nitrogen and oxygen atoms in total. The molecule has 0 aliphatic carbocycles. The summed E-state index contributed by atoms with van der Waals surface area (Å²) >= 11 is 0. The van der Waals surface area contributed by atoms with E-state index in [0.29, 0.717) is 30.3 Å². The van der Waals surface area contributed by atoms with Crippen LogP contribution in [0.2, 0.25) is 0 Å². The van der Waals surface area contributed by atoms with E-state index < -0.39 is 10.0 Å². The first-order chi connectivity index (χ1) is 15.3. The summed E-state index contributed by atoms with van der Waals surface area (Å²) in [5.74, 6) is 0.651. The van der Waals surface area contributed by atoms with E-state index in [9.17, 15) is 18.0 Å². The van der Waals surface area contributed by atoms with Crippen molar-refractivity contribution in [2.24, 2.45) is 5.92 Å². The molecule has 8 heteroatoms. The van der Waals surface area contributed by atoms with Crippen molar-refractivity contribution in [3.63, 3.8) is 0 Å². The highest BCUT2D eigenvalue weighted by atomic mass is 32.2. The summed E-state index contributed by atoms with van der Waals surface area (Å²) < 4.78 is 27.9. The highest BCUT2D eigenvalue weighted by molar-refractivity contribution is 7.89. The first-order valence-corrected chi connectivity index (χ1v) is 13.4. The van der Waals surface area contributed by atoms with Gasteiger partial charge in [0, 0.05) is 50.7 Å². The molecule has 0 aromatic heterocycles. The number of likely N-dealkylation sites (tertiary alicyclic amines) is 1. The third-order valence-corrected chi connectivity index (χ3v) is 9.29. The Hall–Kier alpha value is -1.93. The summed E-state index contributed by atoms with van der Waals surface area (Å²) in [7, 11) is -3.53. The number of carbonyl (C=O) groups is 2. The molecule has 0 N–H and O–H groups in total. The second-order valence-electron chi connectivity index (χ2n) is 9.61. The van der Waals surface area contributed by atoms with Gasteiger partial charge in [-0.3, -0.25) is 9.59 Å². The first kappa shape index (κ1) is 23.2. The van der Waals surface area contributed by atoms with Gasteiger partial charge in [-0.15, -0.1) is 0 Å². The monoisotopic (exact) mass is 461 g/mol. The highest BCUT2D eigenvalue weighted by Gasteiger charge is 2.33. The summed E-state index contributed by atoms with van der Waals surface area (Å²) in [5, 5.41) is 0. The van der Waals surface area contributed by atoms with Gasteiger partial charge in [0.1, 0.15) is 0 Å². The molecule has 3 heterocycles. The second-order valence-corrected chi connectivity index (χ2v) is 11.5. The second kappa shape index (κ2) is 9.51. The Kier molecular flexibility index (Phi) is 6.91. The number of nitrogens with zero attached hydrogens (tertiary/aromatic N) is 3. The molecule has 0 unspecified atom stereocenters. The minimum atomic E-state index is -3.53. The Morgan fingerprint density at radius 3 is 2.38 bits per heavy atom. The maximum absolute atomic E-state index is 13.2. The van der Waals surface area contributed by atoms with E-state index in [1.54, 1.807) is 27.4 Å². The number of anilines is 1. The van der Waals surface area contributed by atoms with Crippen molar-refractivity contribution >= 4 is 27.5 Å². The Balaban J connectivity index is 1.40. The van der Waals surface area contributed by atoms with Gasteiger partial charge in [0.15, 0.2) is 0 Å². The van der Waals surface area contributed by atoms with Crippen molar-refractivity contribution in [2.75, 3.05) is 31.1 Å². The van der Waals surface area contributed by atoms with Crippen LogP contribution in [0.25, 0.3) is 0 Å². The van der Waals surface area contributed by atoms with Gasteiger partial charge in [0.25, 0.3) is 0 Å². The van der Waals surface area contributed by atoms with E-state index in [2.05, 4.69) is 6.92 Å². The van der Waals surface area contributed by atoms with Crippen LogP contribution in [-0.4, -0.2) is 61.7 Å². The van der Waals surface area contributed by atoms with Crippen LogP contribution in [0.3, 0.4) is 0 Å². The van der Waals surface area contributed by atoms with E-state index >= 15 is 0 Å². The van der Waals surface area contributed by atoms with Crippen LogP contribution in [0.4, 0.5) is 5.69 Å². The largest absolute Gasteiger partial charge is 0.343 e. The van der Waals surface area contributed by atoms with Gasteiger partial charge in [-0.25, -0.2) is 8.42 Å². The molecule has 2 amide bonds. The molecular weight excluding hydrogens is 426 g/mol. The molecule has 4 rings (SSSR count).